The normalized spacial score (nSPS) is 12.2. The lowest BCUT2D eigenvalue weighted by molar-refractivity contribution is -0.140. The van der Waals surface area contributed by atoms with Gasteiger partial charge in [-0.05, 0) is 50.1 Å². The Labute approximate surface area is 205 Å². The molecule has 7 nitrogen and oxygen atoms in total. The highest BCUT2D eigenvalue weighted by Crippen LogP contribution is 2.23. The lowest BCUT2D eigenvalue weighted by Gasteiger charge is -2.29. The highest BCUT2D eigenvalue weighted by molar-refractivity contribution is 7.92. The molecule has 2 amide bonds. The van der Waals surface area contributed by atoms with Crippen molar-refractivity contribution in [2.24, 2.45) is 0 Å². The van der Waals surface area contributed by atoms with Crippen LogP contribution in [0.15, 0.2) is 48.5 Å². The number of carbonyl (C=O) groups excluding carboxylic acids is 2. The molecule has 0 fully saturated rings. The average Bonchev–Trinajstić information content (AvgIpc) is 2.74. The molecule has 33 heavy (non-hydrogen) atoms. The molecule has 0 aliphatic carbocycles. The Bertz CT molecular complexity index is 1080. The molecule has 1 unspecified atom stereocenters. The maximum absolute atomic E-state index is 13.1. The maximum atomic E-state index is 13.1. The molecule has 0 aliphatic rings. The van der Waals surface area contributed by atoms with Crippen molar-refractivity contribution >= 4 is 50.7 Å². The van der Waals surface area contributed by atoms with Crippen LogP contribution in [0.3, 0.4) is 0 Å². The molecule has 2 aromatic rings. The smallest absolute Gasteiger partial charge is 0.242 e. The molecule has 0 saturated heterocycles. The minimum Gasteiger partial charge on any atom is -0.355 e. The largest absolute Gasteiger partial charge is 0.355 e. The Morgan fingerprint density at radius 3 is 2.39 bits per heavy atom. The van der Waals surface area contributed by atoms with E-state index in [2.05, 4.69) is 5.32 Å². The number of benzene rings is 2. The first kappa shape index (κ1) is 27.0. The number of halogens is 2. The van der Waals surface area contributed by atoms with Crippen LogP contribution < -0.4 is 9.62 Å². The van der Waals surface area contributed by atoms with Gasteiger partial charge in [-0.2, -0.15) is 0 Å². The number of hydrogen-bond acceptors (Lipinski definition) is 4. The van der Waals surface area contributed by atoms with Gasteiger partial charge in [-0.25, -0.2) is 8.42 Å². The van der Waals surface area contributed by atoms with Crippen molar-refractivity contribution < 1.29 is 18.0 Å². The van der Waals surface area contributed by atoms with Crippen LogP contribution in [0.5, 0.6) is 0 Å². The third-order valence-corrected chi connectivity index (χ3v) is 6.86. The van der Waals surface area contributed by atoms with Gasteiger partial charge >= 0.3 is 0 Å². The summed E-state index contributed by atoms with van der Waals surface area (Å²) in [6.07, 6.45) is 1.43. The Hall–Kier alpha value is -2.29. The van der Waals surface area contributed by atoms with Gasteiger partial charge in [0, 0.05) is 36.1 Å². The molecule has 0 saturated carbocycles. The third kappa shape index (κ3) is 7.91. The molecule has 0 bridgehead atoms. The topological polar surface area (TPSA) is 86.8 Å². The fourth-order valence-corrected chi connectivity index (χ4v) is 4.69. The molecule has 0 spiro atoms. The quantitative estimate of drug-likeness (QED) is 0.490. The third-order valence-electron chi connectivity index (χ3n) is 5.07. The van der Waals surface area contributed by atoms with Crippen LogP contribution in [0.4, 0.5) is 5.69 Å². The summed E-state index contributed by atoms with van der Waals surface area (Å²) in [5.74, 6) is -0.539. The first-order valence-corrected chi connectivity index (χ1v) is 13.2. The van der Waals surface area contributed by atoms with Crippen LogP contribution in [0.25, 0.3) is 0 Å². The fraction of sp³-hybridized carbons (Fsp3) is 0.391. The zero-order valence-corrected chi connectivity index (χ0v) is 21.3. The molecule has 2 rings (SSSR count). The number of sulfonamides is 1. The summed E-state index contributed by atoms with van der Waals surface area (Å²) in [5, 5.41) is 3.65. The molecule has 10 heteroatoms. The fourth-order valence-electron chi connectivity index (χ4n) is 3.35. The van der Waals surface area contributed by atoms with E-state index in [1.165, 1.54) is 9.21 Å². The second-order valence-corrected chi connectivity index (χ2v) is 10.4. The van der Waals surface area contributed by atoms with E-state index in [0.717, 1.165) is 11.8 Å². The van der Waals surface area contributed by atoms with E-state index in [0.29, 0.717) is 22.3 Å². The van der Waals surface area contributed by atoms with Gasteiger partial charge in [0.2, 0.25) is 21.8 Å². The highest BCUT2D eigenvalue weighted by atomic mass is 35.5. The van der Waals surface area contributed by atoms with E-state index in [4.69, 9.17) is 23.2 Å². The van der Waals surface area contributed by atoms with E-state index in [-0.39, 0.29) is 37.7 Å². The predicted octanol–water partition coefficient (Wildman–Crippen LogP) is 4.09. The zero-order chi connectivity index (χ0) is 24.6. The number of amides is 2. The molecule has 1 atom stereocenters. The van der Waals surface area contributed by atoms with E-state index in [9.17, 15) is 18.0 Å². The molecule has 0 aromatic heterocycles. The number of anilines is 1. The van der Waals surface area contributed by atoms with Crippen LogP contribution >= 0.6 is 23.2 Å². The summed E-state index contributed by atoms with van der Waals surface area (Å²) in [4.78, 5) is 27.1. The van der Waals surface area contributed by atoms with Gasteiger partial charge in [0.05, 0.1) is 11.9 Å². The SMILES string of the molecule is CCNC(=O)C(C)N(Cc1ccccc1Cl)C(=O)CCCN(c1cccc(Cl)c1)S(C)(=O)=O. The second-order valence-electron chi connectivity index (χ2n) is 7.60. The van der Waals surface area contributed by atoms with Crippen LogP contribution in [0.1, 0.15) is 32.3 Å². The van der Waals surface area contributed by atoms with Crippen molar-refractivity contribution in [1.82, 2.24) is 10.2 Å². The van der Waals surface area contributed by atoms with Crippen LogP contribution in [-0.4, -0.2) is 50.5 Å². The van der Waals surface area contributed by atoms with Gasteiger partial charge in [0.25, 0.3) is 0 Å². The Morgan fingerprint density at radius 1 is 1.09 bits per heavy atom. The number of nitrogens with zero attached hydrogens (tertiary/aromatic N) is 2. The number of likely N-dealkylation sites (N-methyl/N-ethyl adjacent to an activating group) is 1. The molecule has 2 aromatic carbocycles. The van der Waals surface area contributed by atoms with Crippen molar-refractivity contribution in [2.45, 2.75) is 39.3 Å². The van der Waals surface area contributed by atoms with E-state index in [1.807, 2.05) is 6.07 Å². The summed E-state index contributed by atoms with van der Waals surface area (Å²) < 4.78 is 25.9. The molecule has 180 valence electrons. The molecular formula is C23H29Cl2N3O4S. The lowest BCUT2D eigenvalue weighted by atomic mass is 10.1. The van der Waals surface area contributed by atoms with Gasteiger partial charge in [0.1, 0.15) is 6.04 Å². The first-order chi connectivity index (χ1) is 15.5. The molecule has 0 radical (unpaired) electrons. The minimum atomic E-state index is -3.58. The Balaban J connectivity index is 2.16. The lowest BCUT2D eigenvalue weighted by Crippen LogP contribution is -2.47. The average molecular weight is 514 g/mol. The van der Waals surface area contributed by atoms with Crippen molar-refractivity contribution in [3.63, 3.8) is 0 Å². The van der Waals surface area contributed by atoms with Gasteiger partial charge in [-0.3, -0.25) is 13.9 Å². The van der Waals surface area contributed by atoms with Gasteiger partial charge in [0.15, 0.2) is 0 Å². The van der Waals surface area contributed by atoms with Gasteiger partial charge in [-0.1, -0.05) is 47.5 Å². The number of hydrogen-bond donors (Lipinski definition) is 1. The molecule has 1 N–H and O–H groups in total. The van der Waals surface area contributed by atoms with Crippen molar-refractivity contribution in [3.8, 4) is 0 Å². The van der Waals surface area contributed by atoms with E-state index >= 15 is 0 Å². The standard InChI is InChI=1S/C23H29Cl2N3O4S/c1-4-26-23(30)17(2)27(16-18-9-5-6-12-21(18)25)22(29)13-8-14-28(33(3,31)32)20-11-7-10-19(24)15-20/h5-7,9-12,15,17H,4,8,13-14,16H2,1-3H3,(H,26,30). The summed E-state index contributed by atoms with van der Waals surface area (Å²) in [6.45, 7) is 4.18. The van der Waals surface area contributed by atoms with E-state index in [1.54, 1.807) is 56.3 Å². The number of carbonyl (C=O) groups is 2. The predicted molar refractivity (Wildman–Crippen MR) is 133 cm³/mol. The monoisotopic (exact) mass is 513 g/mol. The zero-order valence-electron chi connectivity index (χ0n) is 18.9. The Morgan fingerprint density at radius 2 is 1.79 bits per heavy atom. The van der Waals surface area contributed by atoms with Crippen LogP contribution in [0, 0.1) is 0 Å². The Kier molecular flexibility index (Phi) is 10.0. The van der Waals surface area contributed by atoms with Crippen LogP contribution in [-0.2, 0) is 26.2 Å². The maximum Gasteiger partial charge on any atom is 0.242 e. The molecule has 0 aliphatic heterocycles. The number of nitrogens with one attached hydrogen (secondary N) is 1. The first-order valence-electron chi connectivity index (χ1n) is 10.6. The second kappa shape index (κ2) is 12.3. The van der Waals surface area contributed by atoms with Crippen molar-refractivity contribution in [3.05, 3.63) is 64.1 Å². The molecule has 0 heterocycles. The van der Waals surface area contributed by atoms with Gasteiger partial charge < -0.3 is 10.2 Å². The van der Waals surface area contributed by atoms with Gasteiger partial charge in [-0.15, -0.1) is 0 Å². The molecular weight excluding hydrogens is 485 g/mol. The van der Waals surface area contributed by atoms with E-state index < -0.39 is 16.1 Å². The summed E-state index contributed by atoms with van der Waals surface area (Å²) >= 11 is 12.3. The summed E-state index contributed by atoms with van der Waals surface area (Å²) in [5.41, 5.74) is 1.15. The number of rotatable bonds is 11. The highest BCUT2D eigenvalue weighted by Gasteiger charge is 2.27. The van der Waals surface area contributed by atoms with Crippen molar-refractivity contribution in [1.29, 1.82) is 0 Å². The summed E-state index contributed by atoms with van der Waals surface area (Å²) in [7, 11) is -3.58. The van der Waals surface area contributed by atoms with Crippen LogP contribution in [0.2, 0.25) is 10.0 Å². The van der Waals surface area contributed by atoms with Crippen molar-refractivity contribution in [2.75, 3.05) is 23.7 Å². The minimum absolute atomic E-state index is 0.0563. The summed E-state index contributed by atoms with van der Waals surface area (Å²) in [6, 6.07) is 13.0.